The van der Waals surface area contributed by atoms with E-state index in [0.717, 1.165) is 5.56 Å². The largest absolute Gasteiger partial charge is 0.495 e. The maximum absolute atomic E-state index is 12.1. The number of benzene rings is 1. The Morgan fingerprint density at radius 1 is 1.31 bits per heavy atom. The number of ether oxygens (including phenoxy) is 1. The second-order valence-electron chi connectivity index (χ2n) is 4.63. The molecule has 2 nitrogen and oxygen atoms in total. The van der Waals surface area contributed by atoms with Gasteiger partial charge in [0.25, 0.3) is 0 Å². The first kappa shape index (κ1) is 11.7. The topological polar surface area (TPSA) is 26.3 Å². The molecule has 0 heterocycles. The summed E-state index contributed by atoms with van der Waals surface area (Å²) < 4.78 is 5.13. The van der Waals surface area contributed by atoms with E-state index in [-0.39, 0.29) is 5.78 Å². The van der Waals surface area contributed by atoms with E-state index in [1.165, 1.54) is 7.11 Å². The molecular weight excluding hydrogens is 247 g/mol. The number of hydrogen-bond acceptors (Lipinski definition) is 2. The van der Waals surface area contributed by atoms with Crippen LogP contribution in [0, 0.1) is 5.41 Å². The van der Waals surface area contributed by atoms with Crippen LogP contribution in [-0.4, -0.2) is 12.9 Å². The van der Waals surface area contributed by atoms with Crippen LogP contribution in [0.4, 0.5) is 0 Å². The molecule has 4 heteroatoms. The fourth-order valence-electron chi connectivity index (χ4n) is 2.08. The maximum atomic E-state index is 12.1. The first-order valence-electron chi connectivity index (χ1n) is 4.98. The van der Waals surface area contributed by atoms with E-state index in [1.54, 1.807) is 6.07 Å². The van der Waals surface area contributed by atoms with Gasteiger partial charge in [-0.15, -0.1) is 0 Å². The highest BCUT2D eigenvalue weighted by Gasteiger charge is 2.40. The van der Waals surface area contributed by atoms with Gasteiger partial charge in [-0.05, 0) is 18.1 Å². The minimum absolute atomic E-state index is 0.0528. The van der Waals surface area contributed by atoms with E-state index >= 15 is 0 Å². The first-order chi connectivity index (χ1) is 7.38. The number of methoxy groups -OCH3 is 1. The molecule has 0 fully saturated rings. The standard InChI is InChI=1S/C12H12Cl2O2/c1-12(2)5-6-4-7(16-3)9(13)10(14)8(6)11(12)15/h4H,5H2,1-3H3. The van der Waals surface area contributed by atoms with Crippen LogP contribution >= 0.6 is 23.2 Å². The van der Waals surface area contributed by atoms with E-state index in [2.05, 4.69) is 0 Å². The summed E-state index contributed by atoms with van der Waals surface area (Å²) in [7, 11) is 1.53. The van der Waals surface area contributed by atoms with Gasteiger partial charge in [0.2, 0.25) is 0 Å². The van der Waals surface area contributed by atoms with Crippen molar-refractivity contribution in [3.8, 4) is 5.75 Å². The highest BCUT2D eigenvalue weighted by Crippen LogP contribution is 2.45. The maximum Gasteiger partial charge on any atom is 0.170 e. The predicted molar refractivity (Wildman–Crippen MR) is 64.8 cm³/mol. The van der Waals surface area contributed by atoms with Crippen molar-refractivity contribution >= 4 is 29.0 Å². The lowest BCUT2D eigenvalue weighted by Gasteiger charge is -2.13. The van der Waals surface area contributed by atoms with Crippen LogP contribution in [0.3, 0.4) is 0 Å². The third kappa shape index (κ3) is 1.52. The van der Waals surface area contributed by atoms with Gasteiger partial charge in [-0.3, -0.25) is 4.79 Å². The normalized spacial score (nSPS) is 17.4. The summed E-state index contributed by atoms with van der Waals surface area (Å²) in [4.78, 5) is 12.1. The lowest BCUT2D eigenvalue weighted by atomic mass is 9.89. The van der Waals surface area contributed by atoms with Crippen molar-refractivity contribution < 1.29 is 9.53 Å². The Balaban J connectivity index is 2.68. The van der Waals surface area contributed by atoms with Crippen LogP contribution in [-0.2, 0) is 6.42 Å². The van der Waals surface area contributed by atoms with Crippen molar-refractivity contribution in [1.29, 1.82) is 0 Å². The zero-order valence-corrected chi connectivity index (χ0v) is 10.9. The van der Waals surface area contributed by atoms with Crippen molar-refractivity contribution in [3.05, 3.63) is 27.2 Å². The minimum Gasteiger partial charge on any atom is -0.495 e. The molecule has 0 amide bonds. The Bertz CT molecular complexity index is 478. The monoisotopic (exact) mass is 258 g/mol. The molecule has 2 rings (SSSR count). The Morgan fingerprint density at radius 3 is 2.50 bits per heavy atom. The zero-order valence-electron chi connectivity index (χ0n) is 9.36. The van der Waals surface area contributed by atoms with Crippen LogP contribution < -0.4 is 4.74 Å². The van der Waals surface area contributed by atoms with Crippen LogP contribution in [0.5, 0.6) is 5.75 Å². The quantitative estimate of drug-likeness (QED) is 0.767. The second kappa shape index (κ2) is 3.64. The summed E-state index contributed by atoms with van der Waals surface area (Å²) in [5.41, 5.74) is 1.07. The molecule has 0 spiro atoms. The van der Waals surface area contributed by atoms with Crippen molar-refractivity contribution in [2.75, 3.05) is 7.11 Å². The fourth-order valence-corrected chi connectivity index (χ4v) is 2.61. The number of fused-ring (bicyclic) bond motifs is 1. The number of carbonyl (C=O) groups is 1. The number of hydrogen-bond donors (Lipinski definition) is 0. The number of carbonyl (C=O) groups excluding carboxylic acids is 1. The summed E-state index contributed by atoms with van der Waals surface area (Å²) >= 11 is 12.1. The van der Waals surface area contributed by atoms with Gasteiger partial charge in [-0.2, -0.15) is 0 Å². The highest BCUT2D eigenvalue weighted by molar-refractivity contribution is 6.45. The van der Waals surface area contributed by atoms with Gasteiger partial charge in [0.1, 0.15) is 10.8 Å². The first-order valence-corrected chi connectivity index (χ1v) is 5.73. The van der Waals surface area contributed by atoms with E-state index in [9.17, 15) is 4.79 Å². The lowest BCUT2D eigenvalue weighted by molar-refractivity contribution is 0.0863. The molecule has 0 unspecified atom stereocenters. The zero-order chi connectivity index (χ0) is 12.1. The molecule has 1 aliphatic carbocycles. The van der Waals surface area contributed by atoms with Crippen LogP contribution in [0.25, 0.3) is 0 Å². The third-order valence-corrected chi connectivity index (χ3v) is 3.80. The molecule has 0 saturated heterocycles. The molecule has 0 aromatic heterocycles. The molecule has 16 heavy (non-hydrogen) atoms. The predicted octanol–water partition coefficient (Wildman–Crippen LogP) is 3.77. The van der Waals surface area contributed by atoms with Gasteiger partial charge < -0.3 is 4.74 Å². The van der Waals surface area contributed by atoms with E-state index in [0.29, 0.717) is 27.8 Å². The Morgan fingerprint density at radius 2 is 1.94 bits per heavy atom. The van der Waals surface area contributed by atoms with Crippen molar-refractivity contribution in [1.82, 2.24) is 0 Å². The van der Waals surface area contributed by atoms with E-state index in [1.807, 2.05) is 13.8 Å². The van der Waals surface area contributed by atoms with Gasteiger partial charge in [0, 0.05) is 11.0 Å². The van der Waals surface area contributed by atoms with Gasteiger partial charge in [0.05, 0.1) is 12.1 Å². The molecule has 1 aromatic rings. The van der Waals surface area contributed by atoms with Crippen LogP contribution in [0.1, 0.15) is 29.8 Å². The van der Waals surface area contributed by atoms with Gasteiger partial charge in [0.15, 0.2) is 5.78 Å². The van der Waals surface area contributed by atoms with Crippen molar-refractivity contribution in [2.45, 2.75) is 20.3 Å². The van der Waals surface area contributed by atoms with Crippen molar-refractivity contribution in [3.63, 3.8) is 0 Å². The average Bonchev–Trinajstić information content (AvgIpc) is 2.44. The Labute approximate surface area is 104 Å². The van der Waals surface area contributed by atoms with E-state index in [4.69, 9.17) is 27.9 Å². The number of ketones is 1. The average molecular weight is 259 g/mol. The summed E-state index contributed by atoms with van der Waals surface area (Å²) in [6, 6.07) is 1.80. The highest BCUT2D eigenvalue weighted by atomic mass is 35.5. The molecule has 1 aliphatic rings. The number of Topliss-reactive ketones (excluding diaryl/α,β-unsaturated/α-hetero) is 1. The molecule has 0 bridgehead atoms. The SMILES string of the molecule is COc1cc2c(c(Cl)c1Cl)C(=O)C(C)(C)C2. The molecule has 86 valence electrons. The smallest absolute Gasteiger partial charge is 0.170 e. The molecular formula is C12H12Cl2O2. The van der Waals surface area contributed by atoms with E-state index < -0.39 is 5.41 Å². The second-order valence-corrected chi connectivity index (χ2v) is 5.39. The van der Waals surface area contributed by atoms with Gasteiger partial charge in [-0.25, -0.2) is 0 Å². The molecule has 0 atom stereocenters. The molecule has 1 aromatic carbocycles. The Kier molecular flexibility index (Phi) is 2.67. The lowest BCUT2D eigenvalue weighted by Crippen LogP contribution is -2.19. The molecule has 0 radical (unpaired) electrons. The summed E-state index contributed by atoms with van der Waals surface area (Å²) in [5.74, 6) is 0.577. The fraction of sp³-hybridized carbons (Fsp3) is 0.417. The number of halogens is 2. The minimum atomic E-state index is -0.401. The summed E-state index contributed by atoms with van der Waals surface area (Å²) in [6.07, 6.45) is 0.675. The molecule has 0 N–H and O–H groups in total. The van der Waals surface area contributed by atoms with Gasteiger partial charge >= 0.3 is 0 Å². The summed E-state index contributed by atoms with van der Waals surface area (Å²) in [6.45, 7) is 3.82. The summed E-state index contributed by atoms with van der Waals surface area (Å²) in [5, 5.41) is 0.626. The molecule has 0 aliphatic heterocycles. The van der Waals surface area contributed by atoms with Crippen LogP contribution in [0.15, 0.2) is 6.07 Å². The number of rotatable bonds is 1. The Hall–Kier alpha value is -0.730. The van der Waals surface area contributed by atoms with Gasteiger partial charge in [-0.1, -0.05) is 37.0 Å². The molecule has 0 saturated carbocycles. The van der Waals surface area contributed by atoms with Crippen molar-refractivity contribution in [2.24, 2.45) is 5.41 Å². The third-order valence-electron chi connectivity index (χ3n) is 2.95. The van der Waals surface area contributed by atoms with Crippen LogP contribution in [0.2, 0.25) is 10.0 Å².